The number of Topliss-reactive ketones (excluding diaryl/α,β-unsaturated/α-hetero) is 1. The molecular formula is C30H46O6. The van der Waals surface area contributed by atoms with Crippen molar-refractivity contribution in [1.29, 1.82) is 0 Å². The molecule has 0 spiro atoms. The van der Waals surface area contributed by atoms with Crippen molar-refractivity contribution < 1.29 is 30.0 Å². The van der Waals surface area contributed by atoms with Crippen LogP contribution in [0.2, 0.25) is 0 Å². The number of allylic oxidation sites excluding steroid dienone is 1. The van der Waals surface area contributed by atoms with E-state index in [1.54, 1.807) is 0 Å². The van der Waals surface area contributed by atoms with Crippen LogP contribution in [-0.2, 0) is 9.59 Å². The quantitative estimate of drug-likeness (QED) is 0.396. The van der Waals surface area contributed by atoms with Crippen molar-refractivity contribution in [2.45, 2.75) is 111 Å². The summed E-state index contributed by atoms with van der Waals surface area (Å²) in [5.41, 5.74) is -2.95. The van der Waals surface area contributed by atoms with Gasteiger partial charge in [-0.3, -0.25) is 9.59 Å². The summed E-state index contributed by atoms with van der Waals surface area (Å²) >= 11 is 0. The van der Waals surface area contributed by atoms with Crippen molar-refractivity contribution in [2.75, 3.05) is 0 Å². The van der Waals surface area contributed by atoms with E-state index < -0.39 is 51.7 Å². The van der Waals surface area contributed by atoms with Gasteiger partial charge in [-0.05, 0) is 80.5 Å². The minimum Gasteiger partial charge on any atom is -0.481 e. The highest BCUT2D eigenvalue weighted by Gasteiger charge is 2.73. The highest BCUT2D eigenvalue weighted by molar-refractivity contribution is 5.90. The Morgan fingerprint density at radius 2 is 1.56 bits per heavy atom. The lowest BCUT2D eigenvalue weighted by molar-refractivity contribution is -0.238. The summed E-state index contributed by atoms with van der Waals surface area (Å²) < 4.78 is 0. The Morgan fingerprint density at radius 3 is 2.17 bits per heavy atom. The minimum absolute atomic E-state index is 0.00270. The molecule has 0 bridgehead atoms. The predicted molar refractivity (Wildman–Crippen MR) is 136 cm³/mol. The first-order valence-electron chi connectivity index (χ1n) is 14.0. The van der Waals surface area contributed by atoms with Crippen molar-refractivity contribution >= 4 is 11.8 Å². The van der Waals surface area contributed by atoms with Crippen molar-refractivity contribution in [3.8, 4) is 0 Å². The van der Waals surface area contributed by atoms with Crippen molar-refractivity contribution in [2.24, 2.45) is 50.7 Å². The Bertz CT molecular complexity index is 1030. The third kappa shape index (κ3) is 2.74. The van der Waals surface area contributed by atoms with Crippen LogP contribution in [0.4, 0.5) is 0 Å². The number of carbonyl (C=O) groups is 2. The normalized spacial score (nSPS) is 55.9. The largest absolute Gasteiger partial charge is 0.481 e. The summed E-state index contributed by atoms with van der Waals surface area (Å²) in [6.45, 7) is 14.4. The van der Waals surface area contributed by atoms with Crippen LogP contribution < -0.4 is 0 Å². The Balaban J connectivity index is 1.68. The lowest BCUT2D eigenvalue weighted by Crippen LogP contribution is -2.71. The minimum atomic E-state index is -1.23. The second-order valence-corrected chi connectivity index (χ2v) is 14.7. The lowest BCUT2D eigenvalue weighted by atomic mass is 9.32. The van der Waals surface area contributed by atoms with E-state index in [1.165, 1.54) is 0 Å². The predicted octanol–water partition coefficient (Wildman–Crippen LogP) is 4.35. The second-order valence-electron chi connectivity index (χ2n) is 14.7. The molecule has 5 aliphatic carbocycles. The van der Waals surface area contributed by atoms with Crippen LogP contribution in [0.3, 0.4) is 0 Å². The molecule has 4 saturated carbocycles. The van der Waals surface area contributed by atoms with E-state index in [-0.39, 0.29) is 28.6 Å². The highest BCUT2D eigenvalue weighted by Crippen LogP contribution is 2.75. The zero-order chi connectivity index (χ0) is 26.9. The van der Waals surface area contributed by atoms with Crippen molar-refractivity contribution in [3.05, 3.63) is 11.6 Å². The maximum absolute atomic E-state index is 13.2. The summed E-state index contributed by atoms with van der Waals surface area (Å²) in [5, 5.41) is 44.7. The number of hydrogen-bond donors (Lipinski definition) is 4. The maximum Gasteiger partial charge on any atom is 0.310 e. The summed E-state index contributed by atoms with van der Waals surface area (Å²) in [6, 6.07) is 0. The molecule has 0 aromatic heterocycles. The van der Waals surface area contributed by atoms with Crippen LogP contribution in [-0.4, -0.2) is 50.0 Å². The molecule has 0 radical (unpaired) electrons. The number of aliphatic carboxylic acids is 1. The Hall–Kier alpha value is -1.24. The molecule has 4 fully saturated rings. The monoisotopic (exact) mass is 502 g/mol. The van der Waals surface area contributed by atoms with Gasteiger partial charge in [0.25, 0.3) is 0 Å². The number of fused-ring (bicyclic) bond motifs is 7. The molecule has 11 atom stereocenters. The van der Waals surface area contributed by atoms with Gasteiger partial charge in [0.05, 0.1) is 11.0 Å². The number of carboxylic acid groups (broad SMARTS) is 1. The van der Waals surface area contributed by atoms with E-state index >= 15 is 0 Å². The Morgan fingerprint density at radius 1 is 0.917 bits per heavy atom. The second kappa shape index (κ2) is 7.45. The third-order valence-electron chi connectivity index (χ3n) is 13.4. The average molecular weight is 503 g/mol. The summed E-state index contributed by atoms with van der Waals surface area (Å²) in [6.07, 6.45) is 4.63. The molecule has 202 valence electrons. The van der Waals surface area contributed by atoms with Crippen LogP contribution in [0.1, 0.15) is 93.4 Å². The molecule has 0 aromatic carbocycles. The lowest BCUT2D eigenvalue weighted by Gasteiger charge is -2.72. The van der Waals surface area contributed by atoms with E-state index in [0.717, 1.165) is 24.8 Å². The topological polar surface area (TPSA) is 115 Å². The summed E-state index contributed by atoms with van der Waals surface area (Å²) in [5.74, 6) is -1.73. The van der Waals surface area contributed by atoms with Gasteiger partial charge in [0.15, 0.2) is 5.78 Å². The molecule has 5 aliphatic rings. The number of aliphatic hydroxyl groups excluding tert-OH is 2. The number of rotatable bonds is 1. The third-order valence-corrected chi connectivity index (χ3v) is 13.4. The van der Waals surface area contributed by atoms with E-state index in [4.69, 9.17) is 0 Å². The van der Waals surface area contributed by atoms with Gasteiger partial charge in [0.2, 0.25) is 0 Å². The maximum atomic E-state index is 13.2. The fourth-order valence-electron chi connectivity index (χ4n) is 10.7. The summed E-state index contributed by atoms with van der Waals surface area (Å²) in [4.78, 5) is 26.0. The molecule has 0 aromatic rings. The molecular weight excluding hydrogens is 456 g/mol. The molecule has 36 heavy (non-hydrogen) atoms. The molecule has 6 heteroatoms. The van der Waals surface area contributed by atoms with Crippen molar-refractivity contribution in [1.82, 2.24) is 0 Å². The van der Waals surface area contributed by atoms with Gasteiger partial charge in [-0.1, -0.05) is 53.2 Å². The average Bonchev–Trinajstić information content (AvgIpc) is 2.79. The molecule has 6 nitrogen and oxygen atoms in total. The highest BCUT2D eigenvalue weighted by atomic mass is 16.4. The first-order chi connectivity index (χ1) is 16.4. The molecule has 0 saturated heterocycles. The number of ketones is 1. The number of carboxylic acids is 1. The van der Waals surface area contributed by atoms with Gasteiger partial charge >= 0.3 is 5.97 Å². The Kier molecular flexibility index (Phi) is 5.45. The number of carbonyl (C=O) groups excluding carboxylic acids is 1. The van der Waals surface area contributed by atoms with Gasteiger partial charge in [-0.15, -0.1) is 0 Å². The van der Waals surface area contributed by atoms with E-state index in [2.05, 4.69) is 26.8 Å². The van der Waals surface area contributed by atoms with Gasteiger partial charge in [-0.25, -0.2) is 0 Å². The van der Waals surface area contributed by atoms with Gasteiger partial charge in [-0.2, -0.15) is 0 Å². The van der Waals surface area contributed by atoms with E-state index in [1.807, 2.05) is 27.7 Å². The van der Waals surface area contributed by atoms with Crippen LogP contribution in [0, 0.1) is 50.7 Å². The SMILES string of the molecule is C[C@@H]1CC[C@]2(C(=O)O)CC[C@]3(C)C(=CCC4[C@@]5(C)C(O)C(=O)[C@H](O)C(C)(C)C5CC[C@]43C)C2[C@]1(C)O. The van der Waals surface area contributed by atoms with Crippen LogP contribution in [0.15, 0.2) is 11.6 Å². The van der Waals surface area contributed by atoms with Gasteiger partial charge < -0.3 is 20.4 Å². The molecule has 5 rings (SSSR count). The smallest absolute Gasteiger partial charge is 0.310 e. The van der Waals surface area contributed by atoms with Gasteiger partial charge in [0.1, 0.15) is 12.2 Å². The molecule has 4 N–H and O–H groups in total. The summed E-state index contributed by atoms with van der Waals surface area (Å²) in [7, 11) is 0. The van der Waals surface area contributed by atoms with Crippen LogP contribution in [0.5, 0.6) is 0 Å². The fourth-order valence-corrected chi connectivity index (χ4v) is 10.7. The zero-order valence-electron chi connectivity index (χ0n) is 23.1. The molecule has 4 unspecified atom stereocenters. The van der Waals surface area contributed by atoms with E-state index in [9.17, 15) is 30.0 Å². The zero-order valence-corrected chi connectivity index (χ0v) is 23.1. The first kappa shape index (κ1) is 26.4. The number of aliphatic hydroxyl groups is 3. The number of hydrogen-bond acceptors (Lipinski definition) is 5. The Labute approximate surface area is 215 Å². The molecule has 0 heterocycles. The van der Waals surface area contributed by atoms with Crippen LogP contribution >= 0.6 is 0 Å². The molecule has 0 aliphatic heterocycles. The molecule has 0 amide bonds. The van der Waals surface area contributed by atoms with Crippen LogP contribution in [0.25, 0.3) is 0 Å². The van der Waals surface area contributed by atoms with Crippen molar-refractivity contribution in [3.63, 3.8) is 0 Å². The fraction of sp³-hybridized carbons (Fsp3) is 0.867. The van der Waals surface area contributed by atoms with E-state index in [0.29, 0.717) is 25.7 Å². The first-order valence-corrected chi connectivity index (χ1v) is 14.0. The standard InChI is InChI=1S/C30H46O6/c1-16-10-13-30(24(34)35)15-14-26(4)17(21(30)29(16,7)36)8-9-19-27(26,5)12-11-18-25(2,3)22(32)20(31)23(33)28(18,19)6/h8,16,18-19,21-23,32-33,36H,9-15H2,1-7H3,(H,34,35)/t16-,18?,19?,21?,22+,23?,26-,27-,28+,29-,30+/m1/s1. The van der Waals surface area contributed by atoms with Gasteiger partial charge in [0, 0.05) is 16.7 Å².